The summed E-state index contributed by atoms with van der Waals surface area (Å²) in [6.45, 7) is 1.96. The van der Waals surface area contributed by atoms with E-state index in [-0.39, 0.29) is 0 Å². The van der Waals surface area contributed by atoms with Crippen LogP contribution in [0.2, 0.25) is 0 Å². The van der Waals surface area contributed by atoms with E-state index in [1.54, 1.807) is 6.26 Å². The van der Waals surface area contributed by atoms with Crippen molar-refractivity contribution >= 4 is 5.76 Å². The zero-order valence-corrected chi connectivity index (χ0v) is 9.07. The molecule has 78 valence electrons. The number of benzene rings is 1. The number of fused-ring (bicyclic) bond motifs is 1. The maximum absolute atomic E-state index is 5.62. The van der Waals surface area contributed by atoms with Gasteiger partial charge in [0.25, 0.3) is 0 Å². The molecule has 1 aliphatic carbocycles. The van der Waals surface area contributed by atoms with Crippen LogP contribution in [0.25, 0.3) is 5.76 Å². The largest absolute Gasteiger partial charge is 0.465 e. The van der Waals surface area contributed by atoms with Crippen LogP contribution in [0.5, 0.6) is 0 Å². The Bertz CT molecular complexity index is 388. The fourth-order valence-corrected chi connectivity index (χ4v) is 1.87. The van der Waals surface area contributed by atoms with Gasteiger partial charge in [0.05, 0.1) is 6.26 Å². The normalized spacial score (nSPS) is 15.7. The molecule has 0 bridgehead atoms. The average molecular weight is 200 g/mol. The van der Waals surface area contributed by atoms with Crippen molar-refractivity contribution in [1.29, 1.82) is 0 Å². The molecule has 0 radical (unpaired) electrons. The molecule has 0 aromatic heterocycles. The Morgan fingerprint density at radius 1 is 1.27 bits per heavy atom. The summed E-state index contributed by atoms with van der Waals surface area (Å²) in [5.74, 6) is 1.00. The van der Waals surface area contributed by atoms with Crippen molar-refractivity contribution in [3.63, 3.8) is 0 Å². The number of hydrogen-bond donors (Lipinski definition) is 0. The third kappa shape index (κ3) is 2.30. The summed E-state index contributed by atoms with van der Waals surface area (Å²) in [5.41, 5.74) is 2.64. The third-order valence-electron chi connectivity index (χ3n) is 2.59. The van der Waals surface area contributed by atoms with Crippen molar-refractivity contribution in [1.82, 2.24) is 0 Å². The molecule has 0 amide bonds. The first-order valence-corrected chi connectivity index (χ1v) is 5.48. The van der Waals surface area contributed by atoms with E-state index in [0.717, 1.165) is 18.6 Å². The first kappa shape index (κ1) is 10.0. The number of rotatable bonds is 2. The highest BCUT2D eigenvalue weighted by atomic mass is 16.5. The Kier molecular flexibility index (Phi) is 3.23. The van der Waals surface area contributed by atoms with Crippen LogP contribution < -0.4 is 0 Å². The van der Waals surface area contributed by atoms with Gasteiger partial charge in [-0.25, -0.2) is 0 Å². The summed E-state index contributed by atoms with van der Waals surface area (Å²) in [6, 6.07) is 8.48. The summed E-state index contributed by atoms with van der Waals surface area (Å²) < 4.78 is 5.62. The Labute approximate surface area is 91.1 Å². The molecule has 0 saturated carbocycles. The molecule has 0 fully saturated rings. The average Bonchev–Trinajstić information content (AvgIpc) is 2.49. The molecule has 0 heterocycles. The van der Waals surface area contributed by atoms with E-state index in [0.29, 0.717) is 0 Å². The minimum absolute atomic E-state index is 1.00. The van der Waals surface area contributed by atoms with Gasteiger partial charge in [0.1, 0.15) is 5.76 Å². The van der Waals surface area contributed by atoms with Crippen molar-refractivity contribution in [2.45, 2.75) is 26.2 Å². The maximum Gasteiger partial charge on any atom is 0.130 e. The van der Waals surface area contributed by atoms with E-state index < -0.39 is 0 Å². The zero-order chi connectivity index (χ0) is 10.5. The summed E-state index contributed by atoms with van der Waals surface area (Å²) in [7, 11) is 0. The van der Waals surface area contributed by atoms with Gasteiger partial charge >= 0.3 is 0 Å². The van der Waals surface area contributed by atoms with Crippen molar-refractivity contribution in [3.05, 3.63) is 53.8 Å². The van der Waals surface area contributed by atoms with Crippen LogP contribution in [0, 0.1) is 0 Å². The van der Waals surface area contributed by atoms with Crippen molar-refractivity contribution in [2.75, 3.05) is 0 Å². The van der Waals surface area contributed by atoms with E-state index >= 15 is 0 Å². The van der Waals surface area contributed by atoms with Gasteiger partial charge in [0.2, 0.25) is 0 Å². The highest BCUT2D eigenvalue weighted by Crippen LogP contribution is 2.26. The van der Waals surface area contributed by atoms with Crippen molar-refractivity contribution in [2.24, 2.45) is 0 Å². The second-order valence-corrected chi connectivity index (χ2v) is 3.71. The molecule has 1 aliphatic rings. The maximum atomic E-state index is 5.62. The second kappa shape index (κ2) is 4.83. The highest BCUT2D eigenvalue weighted by molar-refractivity contribution is 5.64. The SMILES string of the molecule is CC=COC1=CCCCc2ccccc21. The fraction of sp³-hybridized carbons (Fsp3) is 0.286. The van der Waals surface area contributed by atoms with E-state index in [1.165, 1.54) is 17.5 Å². The smallest absolute Gasteiger partial charge is 0.130 e. The van der Waals surface area contributed by atoms with E-state index in [4.69, 9.17) is 4.74 Å². The van der Waals surface area contributed by atoms with Crippen molar-refractivity contribution < 1.29 is 4.74 Å². The topological polar surface area (TPSA) is 9.23 Å². The predicted octanol–water partition coefficient (Wildman–Crippen LogP) is 3.91. The number of ether oxygens (including phenoxy) is 1. The zero-order valence-electron chi connectivity index (χ0n) is 9.07. The van der Waals surface area contributed by atoms with Crippen LogP contribution in [0.4, 0.5) is 0 Å². The molecular formula is C14H16O. The molecule has 0 saturated heterocycles. The molecule has 0 aliphatic heterocycles. The van der Waals surface area contributed by atoms with Gasteiger partial charge in [0.15, 0.2) is 0 Å². The lowest BCUT2D eigenvalue weighted by molar-refractivity contribution is 0.434. The standard InChI is InChI=1S/C14H16O/c1-2-11-15-14-10-6-4-8-12-7-3-5-9-13(12)14/h2-3,5,7,9-11H,4,6,8H2,1H3. The van der Waals surface area contributed by atoms with Gasteiger partial charge in [-0.15, -0.1) is 0 Å². The molecule has 1 aromatic rings. The van der Waals surface area contributed by atoms with Crippen LogP contribution in [0.15, 0.2) is 42.7 Å². The quantitative estimate of drug-likeness (QED) is 0.657. The summed E-state index contributed by atoms with van der Waals surface area (Å²) in [5, 5.41) is 0. The van der Waals surface area contributed by atoms with Gasteiger partial charge in [-0.3, -0.25) is 0 Å². The Morgan fingerprint density at radius 3 is 3.00 bits per heavy atom. The lowest BCUT2D eigenvalue weighted by atomic mass is 10.0. The number of hydrogen-bond acceptors (Lipinski definition) is 1. The van der Waals surface area contributed by atoms with Crippen LogP contribution in [-0.2, 0) is 11.2 Å². The number of allylic oxidation sites excluding steroid dienone is 2. The van der Waals surface area contributed by atoms with Gasteiger partial charge in [-0.2, -0.15) is 0 Å². The van der Waals surface area contributed by atoms with Crippen LogP contribution in [0.1, 0.15) is 30.9 Å². The molecule has 0 N–H and O–H groups in total. The number of aryl methyl sites for hydroxylation is 1. The van der Waals surface area contributed by atoms with Crippen LogP contribution in [0.3, 0.4) is 0 Å². The van der Waals surface area contributed by atoms with Crippen LogP contribution in [-0.4, -0.2) is 0 Å². The monoisotopic (exact) mass is 200 g/mol. The molecule has 0 unspecified atom stereocenters. The Hall–Kier alpha value is -1.50. The van der Waals surface area contributed by atoms with Crippen LogP contribution >= 0.6 is 0 Å². The van der Waals surface area contributed by atoms with E-state index in [9.17, 15) is 0 Å². The molecule has 2 rings (SSSR count). The molecule has 0 spiro atoms. The lowest BCUT2D eigenvalue weighted by Crippen LogP contribution is -1.91. The summed E-state index contributed by atoms with van der Waals surface area (Å²) >= 11 is 0. The molecular weight excluding hydrogens is 184 g/mol. The fourth-order valence-electron chi connectivity index (χ4n) is 1.87. The first-order valence-electron chi connectivity index (χ1n) is 5.48. The van der Waals surface area contributed by atoms with E-state index in [2.05, 4.69) is 30.3 Å². The minimum Gasteiger partial charge on any atom is -0.465 e. The third-order valence-corrected chi connectivity index (χ3v) is 2.59. The Balaban J connectivity index is 2.34. The molecule has 15 heavy (non-hydrogen) atoms. The summed E-state index contributed by atoms with van der Waals surface area (Å²) in [4.78, 5) is 0. The molecule has 1 aromatic carbocycles. The highest BCUT2D eigenvalue weighted by Gasteiger charge is 2.10. The van der Waals surface area contributed by atoms with Gasteiger partial charge in [-0.05, 0) is 37.8 Å². The molecule has 1 heteroatoms. The first-order chi connectivity index (χ1) is 7.42. The second-order valence-electron chi connectivity index (χ2n) is 3.71. The van der Waals surface area contributed by atoms with Crippen molar-refractivity contribution in [3.8, 4) is 0 Å². The van der Waals surface area contributed by atoms with Gasteiger partial charge in [-0.1, -0.05) is 30.3 Å². The Morgan fingerprint density at radius 2 is 2.13 bits per heavy atom. The predicted molar refractivity (Wildman–Crippen MR) is 63.3 cm³/mol. The molecule has 1 nitrogen and oxygen atoms in total. The molecule has 0 atom stereocenters. The lowest BCUT2D eigenvalue weighted by Gasteiger charge is -2.08. The minimum atomic E-state index is 1.00. The van der Waals surface area contributed by atoms with Gasteiger partial charge < -0.3 is 4.74 Å². The summed E-state index contributed by atoms with van der Waals surface area (Å²) in [6.07, 6.45) is 9.30. The van der Waals surface area contributed by atoms with E-state index in [1.807, 2.05) is 13.0 Å². The van der Waals surface area contributed by atoms with Gasteiger partial charge in [0, 0.05) is 5.56 Å².